The summed E-state index contributed by atoms with van der Waals surface area (Å²) in [6, 6.07) is 4.00. The summed E-state index contributed by atoms with van der Waals surface area (Å²) in [6.45, 7) is 1.98. The lowest BCUT2D eigenvalue weighted by atomic mass is 10.2. The van der Waals surface area contributed by atoms with E-state index in [9.17, 15) is 4.79 Å². The number of thiophene rings is 2. The van der Waals surface area contributed by atoms with Crippen LogP contribution in [0.25, 0.3) is 20.7 Å². The molecular weight excluding hydrogens is 388 g/mol. The van der Waals surface area contributed by atoms with Gasteiger partial charge < -0.3 is 9.40 Å². The summed E-state index contributed by atoms with van der Waals surface area (Å²) in [5.74, 6) is 1.77. The predicted molar refractivity (Wildman–Crippen MR) is 104 cm³/mol. The van der Waals surface area contributed by atoms with Gasteiger partial charge in [-0.3, -0.25) is 4.79 Å². The molecule has 0 unspecified atom stereocenters. The van der Waals surface area contributed by atoms with E-state index in [1.165, 1.54) is 23.1 Å². The van der Waals surface area contributed by atoms with Crippen LogP contribution >= 0.6 is 34.4 Å². The molecule has 1 aliphatic carbocycles. The molecule has 5 rings (SSSR count). The molecule has 1 saturated carbocycles. The summed E-state index contributed by atoms with van der Waals surface area (Å²) in [5, 5.41) is 13.3. The van der Waals surface area contributed by atoms with Crippen molar-refractivity contribution in [1.82, 2.24) is 20.2 Å². The molecule has 1 atom stereocenters. The first-order chi connectivity index (χ1) is 12.7. The van der Waals surface area contributed by atoms with Gasteiger partial charge in [0.05, 0.1) is 10.6 Å². The van der Waals surface area contributed by atoms with Crippen molar-refractivity contribution in [2.75, 3.05) is 0 Å². The molecule has 0 aliphatic heterocycles. The van der Waals surface area contributed by atoms with Gasteiger partial charge in [0.1, 0.15) is 10.7 Å². The molecule has 1 fully saturated rings. The van der Waals surface area contributed by atoms with Gasteiger partial charge in [-0.15, -0.1) is 32.9 Å². The van der Waals surface area contributed by atoms with E-state index < -0.39 is 0 Å². The molecule has 9 heteroatoms. The van der Waals surface area contributed by atoms with Crippen LogP contribution in [0.2, 0.25) is 0 Å². The van der Waals surface area contributed by atoms with Crippen molar-refractivity contribution in [3.63, 3.8) is 0 Å². The number of hydrogen-bond acceptors (Lipinski definition) is 8. The highest BCUT2D eigenvalue weighted by atomic mass is 32.2. The highest BCUT2D eigenvalue weighted by Gasteiger charge is 2.30. The van der Waals surface area contributed by atoms with Crippen molar-refractivity contribution >= 4 is 44.7 Å². The molecule has 132 valence electrons. The number of hydrogen-bond donors (Lipinski definition) is 1. The smallest absolute Gasteiger partial charge is 0.277 e. The zero-order valence-electron chi connectivity index (χ0n) is 13.8. The first-order valence-corrected chi connectivity index (χ1v) is 10.9. The van der Waals surface area contributed by atoms with Crippen molar-refractivity contribution < 1.29 is 4.42 Å². The second-order valence-corrected chi connectivity index (χ2v) is 9.30. The van der Waals surface area contributed by atoms with Crippen LogP contribution < -0.4 is 5.56 Å². The zero-order valence-corrected chi connectivity index (χ0v) is 16.2. The third-order valence-corrected chi connectivity index (χ3v) is 6.98. The molecule has 1 aliphatic rings. The fraction of sp³-hybridized carbons (Fsp3) is 0.294. The fourth-order valence-corrected chi connectivity index (χ4v) is 5.26. The Bertz CT molecular complexity index is 1120. The van der Waals surface area contributed by atoms with E-state index in [0.29, 0.717) is 22.4 Å². The molecular formula is C17H14N4O2S3. The van der Waals surface area contributed by atoms with Crippen LogP contribution in [0.1, 0.15) is 42.6 Å². The fourth-order valence-electron chi connectivity index (χ4n) is 2.74. The lowest BCUT2D eigenvalue weighted by Gasteiger charge is -2.07. The van der Waals surface area contributed by atoms with Crippen LogP contribution in [-0.2, 0) is 0 Å². The summed E-state index contributed by atoms with van der Waals surface area (Å²) < 4.78 is 5.70. The maximum Gasteiger partial charge on any atom is 0.277 e. The third-order valence-electron chi connectivity index (χ3n) is 4.26. The minimum Gasteiger partial charge on any atom is -0.416 e. The monoisotopic (exact) mass is 402 g/mol. The van der Waals surface area contributed by atoms with E-state index in [-0.39, 0.29) is 10.8 Å². The minimum atomic E-state index is -0.105. The first kappa shape index (κ1) is 16.2. The largest absolute Gasteiger partial charge is 0.416 e. The molecule has 0 spiro atoms. The highest BCUT2D eigenvalue weighted by Crippen LogP contribution is 2.41. The Balaban J connectivity index is 1.46. The molecule has 0 bridgehead atoms. The third kappa shape index (κ3) is 2.89. The van der Waals surface area contributed by atoms with Gasteiger partial charge in [0.15, 0.2) is 0 Å². The van der Waals surface area contributed by atoms with E-state index in [4.69, 9.17) is 4.42 Å². The van der Waals surface area contributed by atoms with Gasteiger partial charge in [-0.25, -0.2) is 4.98 Å². The molecule has 4 aromatic rings. The Morgan fingerprint density at radius 3 is 3.00 bits per heavy atom. The van der Waals surface area contributed by atoms with Crippen LogP contribution in [0.5, 0.6) is 0 Å². The summed E-state index contributed by atoms with van der Waals surface area (Å²) in [5.41, 5.74) is 0.845. The van der Waals surface area contributed by atoms with Crippen molar-refractivity contribution in [3.05, 3.63) is 45.0 Å². The van der Waals surface area contributed by atoms with E-state index in [2.05, 4.69) is 20.2 Å². The second kappa shape index (κ2) is 6.33. The van der Waals surface area contributed by atoms with Gasteiger partial charge in [-0.1, -0.05) is 17.8 Å². The minimum absolute atomic E-state index is 0.0908. The maximum atomic E-state index is 12.7. The van der Waals surface area contributed by atoms with E-state index in [1.54, 1.807) is 11.3 Å². The molecule has 1 N–H and O–H groups in total. The highest BCUT2D eigenvalue weighted by molar-refractivity contribution is 7.99. The van der Waals surface area contributed by atoms with Crippen LogP contribution in [0.15, 0.2) is 37.3 Å². The Morgan fingerprint density at radius 1 is 1.35 bits per heavy atom. The van der Waals surface area contributed by atoms with Crippen LogP contribution in [0, 0.1) is 0 Å². The molecule has 0 saturated heterocycles. The summed E-state index contributed by atoms with van der Waals surface area (Å²) in [7, 11) is 0. The number of aromatic amines is 1. The van der Waals surface area contributed by atoms with Gasteiger partial charge >= 0.3 is 0 Å². The van der Waals surface area contributed by atoms with Gasteiger partial charge in [-0.2, -0.15) is 0 Å². The van der Waals surface area contributed by atoms with Crippen LogP contribution in [-0.4, -0.2) is 20.2 Å². The molecule has 6 nitrogen and oxygen atoms in total. The van der Waals surface area contributed by atoms with Gasteiger partial charge in [0.2, 0.25) is 5.89 Å². The Morgan fingerprint density at radius 2 is 2.23 bits per heavy atom. The van der Waals surface area contributed by atoms with Crippen molar-refractivity contribution in [1.29, 1.82) is 0 Å². The number of nitrogens with one attached hydrogen (secondary N) is 1. The van der Waals surface area contributed by atoms with E-state index in [0.717, 1.165) is 34.0 Å². The van der Waals surface area contributed by atoms with Crippen LogP contribution in [0.3, 0.4) is 0 Å². The van der Waals surface area contributed by atoms with E-state index in [1.807, 2.05) is 29.8 Å². The molecule has 0 aromatic carbocycles. The molecule has 4 heterocycles. The Kier molecular flexibility index (Phi) is 3.95. The molecule has 0 amide bonds. The van der Waals surface area contributed by atoms with Gasteiger partial charge in [-0.05, 0) is 31.2 Å². The molecule has 4 aromatic heterocycles. The number of rotatable bonds is 5. The normalized spacial score (nSPS) is 15.6. The molecule has 26 heavy (non-hydrogen) atoms. The van der Waals surface area contributed by atoms with Crippen molar-refractivity contribution in [2.45, 2.75) is 36.2 Å². The van der Waals surface area contributed by atoms with Gasteiger partial charge in [0, 0.05) is 21.7 Å². The SMILES string of the molecule is C[C@@H](Sc1nnc(C2CC2)o1)c1nc2scc(-c3cccs3)c2c(=O)[nH]1. The average molecular weight is 403 g/mol. The zero-order chi connectivity index (χ0) is 17.7. The quantitative estimate of drug-likeness (QED) is 0.482. The van der Waals surface area contributed by atoms with Gasteiger partial charge in [0.25, 0.3) is 10.8 Å². The lowest BCUT2D eigenvalue weighted by molar-refractivity contribution is 0.413. The van der Waals surface area contributed by atoms with Crippen LogP contribution in [0.4, 0.5) is 0 Å². The number of H-pyrrole nitrogens is 1. The lowest BCUT2D eigenvalue weighted by Crippen LogP contribution is -2.12. The van der Waals surface area contributed by atoms with Crippen molar-refractivity contribution in [3.8, 4) is 10.4 Å². The first-order valence-electron chi connectivity index (χ1n) is 8.24. The summed E-state index contributed by atoms with van der Waals surface area (Å²) >= 11 is 4.53. The summed E-state index contributed by atoms with van der Waals surface area (Å²) in [6.07, 6.45) is 2.25. The predicted octanol–water partition coefficient (Wildman–Crippen LogP) is 4.83. The average Bonchev–Trinajstić information content (AvgIpc) is 3.05. The summed E-state index contributed by atoms with van der Waals surface area (Å²) in [4.78, 5) is 22.1. The van der Waals surface area contributed by atoms with E-state index >= 15 is 0 Å². The number of nitrogens with zero attached hydrogens (tertiary/aromatic N) is 3. The number of aromatic nitrogens is 4. The number of thioether (sulfide) groups is 1. The van der Waals surface area contributed by atoms with Crippen molar-refractivity contribution in [2.24, 2.45) is 0 Å². The Labute approximate surface area is 160 Å². The maximum absolute atomic E-state index is 12.7. The second-order valence-electron chi connectivity index (χ2n) is 6.20. The standard InChI is InChI=1S/C17H14N4O2S3/c1-8(26-17-21-20-15(23-17)9-4-5-9)13-18-14(22)12-10(7-25-16(12)19-13)11-3-2-6-24-11/h2-3,6-9H,4-5H2,1H3,(H,18,19,22)/t8-/m1/s1. The number of fused-ring (bicyclic) bond motifs is 1. The topological polar surface area (TPSA) is 84.7 Å². The molecule has 0 radical (unpaired) electrons. The Hall–Kier alpha value is -1.97.